The average Bonchev–Trinajstić information content (AvgIpc) is 2.36. The Morgan fingerprint density at radius 3 is 2.65 bits per heavy atom. The molecule has 1 heterocycles. The molecule has 0 amide bonds. The van der Waals surface area contributed by atoms with Crippen LogP contribution in [-0.2, 0) is 4.74 Å². The fraction of sp³-hybridized carbons (Fsp3) is 1.00. The van der Waals surface area contributed by atoms with Gasteiger partial charge in [-0.25, -0.2) is 0 Å². The Kier molecular flexibility index (Phi) is 8.33. The fourth-order valence-corrected chi connectivity index (χ4v) is 3.23. The molecule has 0 spiro atoms. The van der Waals surface area contributed by atoms with Gasteiger partial charge in [-0.1, -0.05) is 26.2 Å². The first-order valence-corrected chi connectivity index (χ1v) is 8.38. The second kappa shape index (κ2) is 9.23. The molecular weight excluding hydrogens is 232 g/mol. The van der Waals surface area contributed by atoms with Crippen molar-refractivity contribution in [3.8, 4) is 0 Å². The van der Waals surface area contributed by atoms with E-state index < -0.39 is 0 Å². The number of aliphatic hydroxyl groups excluding tert-OH is 1. The molecule has 1 saturated heterocycles. The van der Waals surface area contributed by atoms with Crippen LogP contribution in [0.4, 0.5) is 0 Å². The van der Waals surface area contributed by atoms with Gasteiger partial charge in [0.1, 0.15) is 0 Å². The lowest BCUT2D eigenvalue weighted by Crippen LogP contribution is -2.20. The summed E-state index contributed by atoms with van der Waals surface area (Å²) in [6.45, 7) is 4.07. The number of hydrogen-bond donors (Lipinski definition) is 1. The zero-order chi connectivity index (χ0) is 12.5. The topological polar surface area (TPSA) is 29.5 Å². The van der Waals surface area contributed by atoms with Crippen LogP contribution in [0.15, 0.2) is 0 Å². The van der Waals surface area contributed by atoms with Crippen LogP contribution in [0.5, 0.6) is 0 Å². The summed E-state index contributed by atoms with van der Waals surface area (Å²) >= 11 is 1.83. The molecule has 0 aliphatic carbocycles. The maximum Gasteiger partial charge on any atom is 0.0573 e. The van der Waals surface area contributed by atoms with Gasteiger partial charge in [0.15, 0.2) is 0 Å². The maximum atomic E-state index is 9.95. The smallest absolute Gasteiger partial charge is 0.0573 e. The molecule has 3 heteroatoms. The lowest BCUT2D eigenvalue weighted by Gasteiger charge is -2.22. The molecule has 0 aromatic carbocycles. The molecule has 0 bridgehead atoms. The van der Waals surface area contributed by atoms with Gasteiger partial charge in [-0.15, -0.1) is 0 Å². The van der Waals surface area contributed by atoms with E-state index in [4.69, 9.17) is 4.74 Å². The van der Waals surface area contributed by atoms with Crippen molar-refractivity contribution in [2.24, 2.45) is 11.8 Å². The summed E-state index contributed by atoms with van der Waals surface area (Å²) in [4.78, 5) is 0. The number of aliphatic hydroxyl groups is 1. The van der Waals surface area contributed by atoms with Crippen LogP contribution in [0.3, 0.4) is 0 Å². The monoisotopic (exact) mass is 260 g/mol. The van der Waals surface area contributed by atoms with E-state index >= 15 is 0 Å². The molecule has 0 radical (unpaired) electrons. The van der Waals surface area contributed by atoms with Crippen molar-refractivity contribution < 1.29 is 9.84 Å². The minimum Gasteiger partial charge on any atom is -0.393 e. The van der Waals surface area contributed by atoms with E-state index in [2.05, 4.69) is 13.2 Å². The van der Waals surface area contributed by atoms with Crippen LogP contribution >= 0.6 is 11.8 Å². The summed E-state index contributed by atoms with van der Waals surface area (Å²) in [5, 5.41) is 9.95. The molecular formula is C14H28O2S. The van der Waals surface area contributed by atoms with Crippen LogP contribution < -0.4 is 0 Å². The summed E-state index contributed by atoms with van der Waals surface area (Å²) in [5.74, 6) is 2.39. The normalized spacial score (nSPS) is 21.4. The number of hydrogen-bond acceptors (Lipinski definition) is 3. The van der Waals surface area contributed by atoms with Gasteiger partial charge in [-0.2, -0.15) is 11.8 Å². The van der Waals surface area contributed by atoms with E-state index in [1.807, 2.05) is 11.8 Å². The van der Waals surface area contributed by atoms with Crippen molar-refractivity contribution in [1.82, 2.24) is 0 Å². The van der Waals surface area contributed by atoms with Gasteiger partial charge >= 0.3 is 0 Å². The number of ether oxygens (including phenoxy) is 1. The van der Waals surface area contributed by atoms with Gasteiger partial charge in [0.05, 0.1) is 6.10 Å². The second-order valence-corrected chi connectivity index (χ2v) is 6.25. The minimum atomic E-state index is -0.0999. The summed E-state index contributed by atoms with van der Waals surface area (Å²) in [7, 11) is 0. The molecule has 17 heavy (non-hydrogen) atoms. The van der Waals surface area contributed by atoms with E-state index in [1.54, 1.807) is 0 Å². The third kappa shape index (κ3) is 6.68. The molecule has 1 aliphatic heterocycles. The molecule has 2 nitrogen and oxygen atoms in total. The Balaban J connectivity index is 1.99. The molecule has 1 aliphatic rings. The van der Waals surface area contributed by atoms with Gasteiger partial charge in [0.2, 0.25) is 0 Å². The van der Waals surface area contributed by atoms with Gasteiger partial charge in [-0.05, 0) is 43.1 Å². The Labute approximate surface area is 111 Å². The Bertz CT molecular complexity index is 181. The Morgan fingerprint density at radius 2 is 2.00 bits per heavy atom. The average molecular weight is 260 g/mol. The summed E-state index contributed by atoms with van der Waals surface area (Å²) in [6, 6.07) is 0. The van der Waals surface area contributed by atoms with Crippen molar-refractivity contribution in [1.29, 1.82) is 0 Å². The van der Waals surface area contributed by atoms with Crippen molar-refractivity contribution in [3.63, 3.8) is 0 Å². The van der Waals surface area contributed by atoms with E-state index in [0.29, 0.717) is 5.92 Å². The second-order valence-electron chi connectivity index (χ2n) is 5.34. The summed E-state index contributed by atoms with van der Waals surface area (Å²) in [5.41, 5.74) is 0. The van der Waals surface area contributed by atoms with Crippen LogP contribution in [0.1, 0.15) is 45.4 Å². The van der Waals surface area contributed by atoms with Crippen molar-refractivity contribution >= 4 is 11.8 Å². The maximum absolute atomic E-state index is 9.95. The fourth-order valence-electron chi connectivity index (χ4n) is 2.48. The Hall–Kier alpha value is 0.270. The van der Waals surface area contributed by atoms with Crippen LogP contribution in [0.2, 0.25) is 0 Å². The zero-order valence-corrected chi connectivity index (χ0v) is 12.2. The molecule has 0 saturated carbocycles. The molecule has 1 N–H and O–H groups in total. The number of thioether (sulfide) groups is 1. The van der Waals surface area contributed by atoms with E-state index in [9.17, 15) is 5.11 Å². The van der Waals surface area contributed by atoms with Crippen molar-refractivity contribution in [2.45, 2.75) is 51.6 Å². The van der Waals surface area contributed by atoms with Crippen molar-refractivity contribution in [2.75, 3.05) is 25.2 Å². The highest BCUT2D eigenvalue weighted by atomic mass is 32.2. The Morgan fingerprint density at radius 1 is 1.29 bits per heavy atom. The molecule has 0 aromatic rings. The number of unbranched alkanes of at least 4 members (excludes halogenated alkanes) is 1. The van der Waals surface area contributed by atoms with Crippen molar-refractivity contribution in [3.05, 3.63) is 0 Å². The molecule has 2 atom stereocenters. The summed E-state index contributed by atoms with van der Waals surface area (Å²) < 4.78 is 5.36. The van der Waals surface area contributed by atoms with Gasteiger partial charge < -0.3 is 9.84 Å². The van der Waals surface area contributed by atoms with Gasteiger partial charge in [0.25, 0.3) is 0 Å². The molecule has 102 valence electrons. The van der Waals surface area contributed by atoms with Crippen LogP contribution in [0.25, 0.3) is 0 Å². The number of rotatable bonds is 8. The highest BCUT2D eigenvalue weighted by molar-refractivity contribution is 7.98. The van der Waals surface area contributed by atoms with E-state index in [1.165, 1.54) is 32.1 Å². The first-order valence-electron chi connectivity index (χ1n) is 6.98. The van der Waals surface area contributed by atoms with E-state index in [0.717, 1.165) is 31.3 Å². The lowest BCUT2D eigenvalue weighted by atomic mass is 9.92. The first kappa shape index (κ1) is 15.3. The summed E-state index contributed by atoms with van der Waals surface area (Å²) in [6.07, 6.45) is 9.24. The lowest BCUT2D eigenvalue weighted by molar-refractivity contribution is 0.0621. The molecule has 1 fully saturated rings. The minimum absolute atomic E-state index is 0.0999. The molecule has 1 rings (SSSR count). The van der Waals surface area contributed by atoms with Gasteiger partial charge in [0, 0.05) is 13.2 Å². The first-order chi connectivity index (χ1) is 8.24. The highest BCUT2D eigenvalue weighted by Crippen LogP contribution is 2.22. The zero-order valence-electron chi connectivity index (χ0n) is 11.4. The standard InChI is InChI=1S/C14H28O2S/c1-12(11-17-2)14(15)6-4-3-5-13-7-9-16-10-8-13/h12-15H,3-11H2,1-2H3. The highest BCUT2D eigenvalue weighted by Gasteiger charge is 2.15. The quantitative estimate of drug-likeness (QED) is 0.679. The SMILES string of the molecule is CSCC(C)C(O)CCCCC1CCOCC1. The third-order valence-electron chi connectivity index (χ3n) is 3.79. The molecule has 0 aromatic heterocycles. The predicted octanol–water partition coefficient (Wildman–Crippen LogP) is 3.33. The van der Waals surface area contributed by atoms with Gasteiger partial charge in [-0.3, -0.25) is 0 Å². The van der Waals surface area contributed by atoms with Crippen LogP contribution in [0, 0.1) is 11.8 Å². The predicted molar refractivity (Wildman–Crippen MR) is 75.6 cm³/mol. The largest absolute Gasteiger partial charge is 0.393 e. The van der Waals surface area contributed by atoms with Crippen LogP contribution in [-0.4, -0.2) is 36.4 Å². The van der Waals surface area contributed by atoms with E-state index in [-0.39, 0.29) is 6.10 Å². The molecule has 2 unspecified atom stereocenters. The third-order valence-corrected chi connectivity index (χ3v) is 4.65.